The van der Waals surface area contributed by atoms with Crippen LogP contribution < -0.4 is 10.1 Å². The first-order valence-electron chi connectivity index (χ1n) is 7.41. The number of halogens is 5. The maximum absolute atomic E-state index is 13.4. The van der Waals surface area contributed by atoms with E-state index >= 15 is 0 Å². The third kappa shape index (κ3) is 3.77. The number of carbonyl (C=O) groups excluding carboxylic acids is 1. The first-order chi connectivity index (χ1) is 11.0. The molecule has 1 saturated carbocycles. The van der Waals surface area contributed by atoms with Crippen molar-refractivity contribution in [3.8, 4) is 5.75 Å². The van der Waals surface area contributed by atoms with Gasteiger partial charge in [-0.15, -0.1) is 11.6 Å². The summed E-state index contributed by atoms with van der Waals surface area (Å²) in [6.07, 6.45) is -5.63. The van der Waals surface area contributed by atoms with E-state index in [9.17, 15) is 22.4 Å². The van der Waals surface area contributed by atoms with Gasteiger partial charge in [-0.05, 0) is 38.8 Å². The van der Waals surface area contributed by atoms with E-state index in [0.29, 0.717) is 0 Å². The van der Waals surface area contributed by atoms with Crippen molar-refractivity contribution >= 4 is 17.5 Å². The summed E-state index contributed by atoms with van der Waals surface area (Å²) >= 11 is 5.89. The smallest absolute Gasteiger partial charge is 0.403 e. The number of hydrogen-bond acceptors (Lipinski definition) is 2. The second kappa shape index (κ2) is 6.43. The zero-order valence-corrected chi connectivity index (χ0v) is 14.0. The van der Waals surface area contributed by atoms with E-state index < -0.39 is 47.1 Å². The van der Waals surface area contributed by atoms with Gasteiger partial charge in [0, 0.05) is 4.87 Å². The number of nitrogens with one attached hydrogen (secondary N) is 1. The molecule has 1 aliphatic rings. The van der Waals surface area contributed by atoms with Gasteiger partial charge in [-0.25, -0.2) is 4.39 Å². The summed E-state index contributed by atoms with van der Waals surface area (Å²) in [5.74, 6) is -1.74. The average Bonchev–Trinajstić information content (AvgIpc) is 2.42. The van der Waals surface area contributed by atoms with Gasteiger partial charge in [-0.2, -0.15) is 13.2 Å². The summed E-state index contributed by atoms with van der Waals surface area (Å²) in [4.78, 5) is 11.1. The Labute approximate surface area is 142 Å². The minimum Gasteiger partial charge on any atom is -0.488 e. The Kier molecular flexibility index (Phi) is 5.04. The lowest BCUT2D eigenvalue weighted by Crippen LogP contribution is -2.63. The molecule has 0 radical (unpaired) electrons. The van der Waals surface area contributed by atoms with Crippen molar-refractivity contribution in [2.75, 3.05) is 6.61 Å². The molecule has 0 heterocycles. The Balaban J connectivity index is 1.97. The Bertz CT molecular complexity index is 610. The molecule has 1 fully saturated rings. The number of amides is 1. The van der Waals surface area contributed by atoms with E-state index in [1.54, 1.807) is 6.07 Å². The molecule has 0 spiro atoms. The Hall–Kier alpha value is -1.50. The number of hydrogen-bond donors (Lipinski definition) is 1. The van der Waals surface area contributed by atoms with Crippen LogP contribution in [0.5, 0.6) is 5.75 Å². The van der Waals surface area contributed by atoms with Crippen LogP contribution in [-0.2, 0) is 4.79 Å². The van der Waals surface area contributed by atoms with Gasteiger partial charge in [0.05, 0.1) is 6.04 Å². The molecule has 134 valence electrons. The van der Waals surface area contributed by atoms with E-state index in [4.69, 9.17) is 16.3 Å². The lowest BCUT2D eigenvalue weighted by atomic mass is 9.60. The van der Waals surface area contributed by atoms with Gasteiger partial charge in [0.2, 0.25) is 5.91 Å². The minimum atomic E-state index is -4.68. The number of alkyl halides is 4. The number of ether oxygens (including phenoxy) is 1. The summed E-state index contributed by atoms with van der Waals surface area (Å²) in [5, 5.41) is 2.29. The molecule has 1 aromatic carbocycles. The monoisotopic (exact) mass is 367 g/mol. The van der Waals surface area contributed by atoms with Crippen molar-refractivity contribution in [3.63, 3.8) is 0 Å². The van der Waals surface area contributed by atoms with Crippen molar-refractivity contribution < 1.29 is 27.1 Å². The predicted molar refractivity (Wildman–Crippen MR) is 81.5 cm³/mol. The first-order valence-corrected chi connectivity index (χ1v) is 7.79. The summed E-state index contributed by atoms with van der Waals surface area (Å²) in [5.41, 5.74) is -2.48. The second-order valence-corrected chi connectivity index (χ2v) is 7.38. The van der Waals surface area contributed by atoms with Crippen molar-refractivity contribution in [1.82, 2.24) is 5.32 Å². The molecular weight excluding hydrogens is 350 g/mol. The lowest BCUT2D eigenvalue weighted by Gasteiger charge is -2.50. The third-order valence-electron chi connectivity index (χ3n) is 4.02. The summed E-state index contributed by atoms with van der Waals surface area (Å²) in [7, 11) is 0. The normalized spacial score (nSPS) is 28.0. The van der Waals surface area contributed by atoms with E-state index in [0.717, 1.165) is 0 Å². The molecular formula is C16H18ClF4NO2. The van der Waals surface area contributed by atoms with Crippen LogP contribution in [-0.4, -0.2) is 29.6 Å². The van der Waals surface area contributed by atoms with Crippen LogP contribution in [0, 0.1) is 11.2 Å². The highest BCUT2D eigenvalue weighted by Gasteiger charge is 2.70. The van der Waals surface area contributed by atoms with Crippen molar-refractivity contribution in [1.29, 1.82) is 0 Å². The SMILES string of the molecule is CC(COc1ccccc1F)NC(=O)[C@]1(C(F)(F)F)C[C@](C)(Cl)C1. The molecule has 0 saturated heterocycles. The molecule has 1 aliphatic carbocycles. The van der Waals surface area contributed by atoms with E-state index in [1.807, 2.05) is 0 Å². The highest BCUT2D eigenvalue weighted by Crippen LogP contribution is 2.60. The molecule has 1 unspecified atom stereocenters. The number of para-hydroxylation sites is 1. The molecule has 8 heteroatoms. The number of carbonyl (C=O) groups is 1. The van der Waals surface area contributed by atoms with Crippen LogP contribution in [0.1, 0.15) is 26.7 Å². The zero-order chi connectivity index (χ0) is 18.2. The molecule has 0 bridgehead atoms. The maximum atomic E-state index is 13.4. The Morgan fingerprint density at radius 2 is 1.96 bits per heavy atom. The standard InChI is InChI=1S/C16H18ClF4NO2/c1-10(7-24-12-6-4-3-5-11(12)18)22-13(23)15(16(19,20)21)8-14(2,17)9-15/h3-6,10H,7-9H2,1-2H3,(H,22,23)/t10?,14-,15-. The van der Waals surface area contributed by atoms with Gasteiger partial charge >= 0.3 is 6.18 Å². The summed E-state index contributed by atoms with van der Waals surface area (Å²) in [6, 6.07) is 4.92. The van der Waals surface area contributed by atoms with Gasteiger partial charge in [-0.3, -0.25) is 4.79 Å². The average molecular weight is 368 g/mol. The van der Waals surface area contributed by atoms with Crippen molar-refractivity contribution in [2.45, 2.75) is 43.8 Å². The fourth-order valence-corrected chi connectivity index (χ4v) is 3.33. The highest BCUT2D eigenvalue weighted by atomic mass is 35.5. The van der Waals surface area contributed by atoms with Crippen LogP contribution in [0.4, 0.5) is 17.6 Å². The predicted octanol–water partition coefficient (Wildman–Crippen LogP) is 4.05. The topological polar surface area (TPSA) is 38.3 Å². The molecule has 1 aromatic rings. The lowest BCUT2D eigenvalue weighted by molar-refractivity contribution is -0.249. The largest absolute Gasteiger partial charge is 0.488 e. The van der Waals surface area contributed by atoms with Gasteiger partial charge in [0.1, 0.15) is 12.0 Å². The minimum absolute atomic E-state index is 0.0267. The molecule has 0 aliphatic heterocycles. The first kappa shape index (κ1) is 18.8. The van der Waals surface area contributed by atoms with E-state index in [2.05, 4.69) is 5.32 Å². The van der Waals surface area contributed by atoms with E-state index in [-0.39, 0.29) is 12.4 Å². The highest BCUT2D eigenvalue weighted by molar-refractivity contribution is 6.25. The molecule has 1 N–H and O–H groups in total. The molecule has 3 nitrogen and oxygen atoms in total. The zero-order valence-electron chi connectivity index (χ0n) is 13.2. The van der Waals surface area contributed by atoms with E-state index in [1.165, 1.54) is 32.0 Å². The third-order valence-corrected chi connectivity index (χ3v) is 4.29. The Morgan fingerprint density at radius 3 is 2.46 bits per heavy atom. The Morgan fingerprint density at radius 1 is 1.38 bits per heavy atom. The van der Waals surface area contributed by atoms with Gasteiger partial charge < -0.3 is 10.1 Å². The summed E-state index contributed by atoms with van der Waals surface area (Å²) in [6.45, 7) is 2.80. The second-order valence-electron chi connectivity index (χ2n) is 6.46. The van der Waals surface area contributed by atoms with Gasteiger partial charge in [-0.1, -0.05) is 12.1 Å². The molecule has 1 amide bonds. The molecule has 24 heavy (non-hydrogen) atoms. The number of rotatable bonds is 5. The van der Waals surface area contributed by atoms with Crippen LogP contribution >= 0.6 is 11.6 Å². The van der Waals surface area contributed by atoms with Gasteiger partial charge in [0.25, 0.3) is 0 Å². The maximum Gasteiger partial charge on any atom is 0.403 e. The van der Waals surface area contributed by atoms with Crippen LogP contribution in [0.2, 0.25) is 0 Å². The fraction of sp³-hybridized carbons (Fsp3) is 0.562. The summed E-state index contributed by atoms with van der Waals surface area (Å²) < 4.78 is 58.5. The molecule has 2 rings (SSSR count). The van der Waals surface area contributed by atoms with Crippen molar-refractivity contribution in [3.05, 3.63) is 30.1 Å². The van der Waals surface area contributed by atoms with Gasteiger partial charge in [0.15, 0.2) is 11.6 Å². The molecule has 1 atom stereocenters. The molecule has 0 aromatic heterocycles. The fourth-order valence-electron chi connectivity index (χ4n) is 2.88. The van der Waals surface area contributed by atoms with Crippen molar-refractivity contribution in [2.24, 2.45) is 5.41 Å². The van der Waals surface area contributed by atoms with Crippen LogP contribution in [0.3, 0.4) is 0 Å². The quantitative estimate of drug-likeness (QED) is 0.630. The number of benzene rings is 1. The van der Waals surface area contributed by atoms with Crippen LogP contribution in [0.25, 0.3) is 0 Å². The van der Waals surface area contributed by atoms with Crippen LogP contribution in [0.15, 0.2) is 24.3 Å².